The van der Waals surface area contributed by atoms with Crippen LogP contribution in [0, 0.1) is 6.92 Å². The van der Waals surface area contributed by atoms with Crippen LogP contribution in [0.15, 0.2) is 30.3 Å². The van der Waals surface area contributed by atoms with Crippen LogP contribution >= 0.6 is 0 Å². The van der Waals surface area contributed by atoms with Crippen LogP contribution in [0.3, 0.4) is 0 Å². The number of benzene rings is 1. The fourth-order valence-electron chi connectivity index (χ4n) is 1.16. The summed E-state index contributed by atoms with van der Waals surface area (Å²) < 4.78 is 37.0. The largest absolute Gasteiger partial charge is 0.416 e. The van der Waals surface area contributed by atoms with Crippen LogP contribution in [0.1, 0.15) is 24.0 Å². The molecule has 1 aromatic carbocycles. The van der Waals surface area contributed by atoms with E-state index in [1.54, 1.807) is 12.1 Å². The molecule has 0 aliphatic carbocycles. The third kappa shape index (κ3) is 3.78. The minimum Gasteiger partial charge on any atom is -0.166 e. The van der Waals surface area contributed by atoms with Crippen molar-refractivity contribution in [1.29, 1.82) is 0 Å². The lowest BCUT2D eigenvalue weighted by atomic mass is 10.1. The predicted octanol–water partition coefficient (Wildman–Crippen LogP) is 4.33. The maximum absolute atomic E-state index is 12.3. The summed E-state index contributed by atoms with van der Waals surface area (Å²) >= 11 is 0. The highest BCUT2D eigenvalue weighted by atomic mass is 19.4. The van der Waals surface area contributed by atoms with E-state index in [0.29, 0.717) is 5.56 Å². The van der Waals surface area contributed by atoms with Crippen LogP contribution in [0.25, 0.3) is 6.08 Å². The highest BCUT2D eigenvalue weighted by Crippen LogP contribution is 2.29. The third-order valence-corrected chi connectivity index (χ3v) is 1.90. The van der Waals surface area contributed by atoms with Crippen molar-refractivity contribution in [2.75, 3.05) is 0 Å². The minimum absolute atomic E-state index is 0.568. The molecule has 0 amide bonds. The van der Waals surface area contributed by atoms with Crippen molar-refractivity contribution in [3.63, 3.8) is 0 Å². The second-order valence-electron chi connectivity index (χ2n) is 3.17. The van der Waals surface area contributed by atoms with Crippen LogP contribution in [0.5, 0.6) is 0 Å². The highest BCUT2D eigenvalue weighted by molar-refractivity contribution is 5.50. The standard InChI is InChI=1S/C12H12F3/c1-2-3-4-6-10-7-5-8-11(9-10)12(13,14)15/h4-9H,1-3H2/b6-4+. The molecule has 0 aliphatic rings. The van der Waals surface area contributed by atoms with Crippen LogP contribution in [0.2, 0.25) is 0 Å². The van der Waals surface area contributed by atoms with Crippen molar-refractivity contribution < 1.29 is 13.2 Å². The van der Waals surface area contributed by atoms with Gasteiger partial charge in [0, 0.05) is 0 Å². The first kappa shape index (κ1) is 11.8. The van der Waals surface area contributed by atoms with Crippen molar-refractivity contribution in [2.24, 2.45) is 0 Å². The molecule has 1 aromatic rings. The average Bonchev–Trinajstić information content (AvgIpc) is 2.17. The summed E-state index contributed by atoms with van der Waals surface area (Å²) in [6.07, 6.45) is 0.755. The Morgan fingerprint density at radius 2 is 2.00 bits per heavy atom. The van der Waals surface area contributed by atoms with Gasteiger partial charge in [-0.2, -0.15) is 13.2 Å². The smallest absolute Gasteiger partial charge is 0.166 e. The Hall–Kier alpha value is -1.25. The lowest BCUT2D eigenvalue weighted by Crippen LogP contribution is -2.04. The van der Waals surface area contributed by atoms with Gasteiger partial charge in [0.15, 0.2) is 0 Å². The molecular weight excluding hydrogens is 201 g/mol. The van der Waals surface area contributed by atoms with E-state index in [1.165, 1.54) is 6.07 Å². The fraction of sp³-hybridized carbons (Fsp3) is 0.250. The van der Waals surface area contributed by atoms with Gasteiger partial charge in [-0.25, -0.2) is 0 Å². The summed E-state index contributed by atoms with van der Waals surface area (Å²) in [7, 11) is 0. The average molecular weight is 213 g/mol. The van der Waals surface area contributed by atoms with Crippen LogP contribution in [0.4, 0.5) is 13.2 Å². The van der Waals surface area contributed by atoms with Gasteiger partial charge in [-0.3, -0.25) is 0 Å². The van der Waals surface area contributed by atoms with Gasteiger partial charge in [-0.05, 0) is 30.5 Å². The van der Waals surface area contributed by atoms with Crippen molar-refractivity contribution in [3.8, 4) is 0 Å². The molecule has 0 saturated heterocycles. The summed E-state index contributed by atoms with van der Waals surface area (Å²) in [5.74, 6) is 0. The minimum atomic E-state index is -4.27. The number of hydrogen-bond acceptors (Lipinski definition) is 0. The molecule has 0 heterocycles. The molecule has 1 radical (unpaired) electrons. The lowest BCUT2D eigenvalue weighted by Gasteiger charge is -2.06. The van der Waals surface area contributed by atoms with Crippen molar-refractivity contribution in [1.82, 2.24) is 0 Å². The van der Waals surface area contributed by atoms with Crippen molar-refractivity contribution in [2.45, 2.75) is 19.0 Å². The van der Waals surface area contributed by atoms with E-state index in [1.807, 2.05) is 6.08 Å². The van der Waals surface area contributed by atoms with E-state index in [0.717, 1.165) is 25.0 Å². The summed E-state index contributed by atoms with van der Waals surface area (Å²) in [6, 6.07) is 5.26. The van der Waals surface area contributed by atoms with Gasteiger partial charge in [0.05, 0.1) is 5.56 Å². The zero-order chi connectivity index (χ0) is 11.3. The second-order valence-corrected chi connectivity index (χ2v) is 3.17. The molecule has 3 heteroatoms. The van der Waals surface area contributed by atoms with E-state index < -0.39 is 11.7 Å². The van der Waals surface area contributed by atoms with Gasteiger partial charge >= 0.3 is 6.18 Å². The van der Waals surface area contributed by atoms with Gasteiger partial charge < -0.3 is 0 Å². The molecule has 0 bridgehead atoms. The first-order valence-corrected chi connectivity index (χ1v) is 4.67. The molecule has 81 valence electrons. The number of allylic oxidation sites excluding steroid dienone is 1. The van der Waals surface area contributed by atoms with Gasteiger partial charge in [-0.1, -0.05) is 31.2 Å². The van der Waals surface area contributed by atoms with Crippen molar-refractivity contribution >= 4 is 6.08 Å². The Morgan fingerprint density at radius 1 is 1.27 bits per heavy atom. The Labute approximate surface area is 87.4 Å². The van der Waals surface area contributed by atoms with Crippen LogP contribution in [-0.2, 0) is 6.18 Å². The summed E-state index contributed by atoms with van der Waals surface area (Å²) in [5.41, 5.74) is -0.0439. The summed E-state index contributed by atoms with van der Waals surface area (Å²) in [4.78, 5) is 0. The number of hydrogen-bond donors (Lipinski definition) is 0. The molecular formula is C12H12F3. The Bertz CT molecular complexity index is 337. The molecule has 0 nitrogen and oxygen atoms in total. The molecule has 0 saturated carbocycles. The van der Waals surface area contributed by atoms with E-state index >= 15 is 0 Å². The predicted molar refractivity (Wildman–Crippen MR) is 55.1 cm³/mol. The highest BCUT2D eigenvalue weighted by Gasteiger charge is 2.30. The molecule has 0 spiro atoms. The van der Waals surface area contributed by atoms with Gasteiger partial charge in [0.2, 0.25) is 0 Å². The molecule has 0 aliphatic heterocycles. The molecule has 1 rings (SSSR count). The second kappa shape index (κ2) is 5.01. The topological polar surface area (TPSA) is 0 Å². The Morgan fingerprint density at radius 3 is 2.60 bits per heavy atom. The fourth-order valence-corrected chi connectivity index (χ4v) is 1.16. The normalized spacial score (nSPS) is 12.3. The monoisotopic (exact) mass is 213 g/mol. The van der Waals surface area contributed by atoms with Gasteiger partial charge in [-0.15, -0.1) is 0 Å². The van der Waals surface area contributed by atoms with E-state index in [9.17, 15) is 13.2 Å². The maximum atomic E-state index is 12.3. The van der Waals surface area contributed by atoms with Crippen molar-refractivity contribution in [3.05, 3.63) is 48.4 Å². The van der Waals surface area contributed by atoms with Gasteiger partial charge in [0.1, 0.15) is 0 Å². The van der Waals surface area contributed by atoms with E-state index in [-0.39, 0.29) is 0 Å². The lowest BCUT2D eigenvalue weighted by molar-refractivity contribution is -0.137. The van der Waals surface area contributed by atoms with Crippen LogP contribution < -0.4 is 0 Å². The van der Waals surface area contributed by atoms with E-state index in [2.05, 4.69) is 6.92 Å². The molecule has 0 atom stereocenters. The number of rotatable bonds is 3. The molecule has 0 fully saturated rings. The summed E-state index contributed by atoms with van der Waals surface area (Å²) in [6.45, 7) is 3.64. The maximum Gasteiger partial charge on any atom is 0.416 e. The quantitative estimate of drug-likeness (QED) is 0.700. The number of alkyl halides is 3. The van der Waals surface area contributed by atoms with Crippen LogP contribution in [-0.4, -0.2) is 0 Å². The summed E-state index contributed by atoms with van der Waals surface area (Å²) in [5, 5.41) is 0. The first-order chi connectivity index (χ1) is 7.04. The van der Waals surface area contributed by atoms with Gasteiger partial charge in [0.25, 0.3) is 0 Å². The van der Waals surface area contributed by atoms with E-state index in [4.69, 9.17) is 0 Å². The number of unbranched alkanes of at least 4 members (excludes halogenated alkanes) is 1. The molecule has 0 N–H and O–H groups in total. The zero-order valence-electron chi connectivity index (χ0n) is 8.22. The molecule has 0 aromatic heterocycles. The zero-order valence-corrected chi connectivity index (χ0v) is 8.22. The Kier molecular flexibility index (Phi) is 3.95. The SMILES string of the molecule is [CH2]CC/C=C/c1cccc(C(F)(F)F)c1. The third-order valence-electron chi connectivity index (χ3n) is 1.90. The molecule has 15 heavy (non-hydrogen) atoms. The first-order valence-electron chi connectivity index (χ1n) is 4.67. The molecule has 0 unspecified atom stereocenters. The Balaban J connectivity index is 2.84. The number of halogens is 3.